The van der Waals surface area contributed by atoms with Gasteiger partial charge in [0, 0.05) is 36.8 Å². The number of piperidine rings is 1. The van der Waals surface area contributed by atoms with Gasteiger partial charge in [-0.15, -0.1) is 0 Å². The minimum Gasteiger partial charge on any atom is -0.496 e. The number of non-ortho nitro benzene ring substituents is 1. The fraction of sp³-hybridized carbons (Fsp3) is 0.364. The maximum atomic E-state index is 12.6. The smallest absolute Gasteiger partial charge is 0.269 e. The summed E-state index contributed by atoms with van der Waals surface area (Å²) < 4.78 is 5.31. The normalized spacial score (nSPS) is 14.2. The average Bonchev–Trinajstić information content (AvgIpc) is 2.75. The molecule has 2 aromatic rings. The van der Waals surface area contributed by atoms with Gasteiger partial charge in [-0.3, -0.25) is 19.7 Å². The Hall–Kier alpha value is -3.42. The summed E-state index contributed by atoms with van der Waals surface area (Å²) in [6, 6.07) is 13.5. The van der Waals surface area contributed by atoms with E-state index in [1.807, 2.05) is 29.2 Å². The van der Waals surface area contributed by atoms with Crippen molar-refractivity contribution in [2.75, 3.05) is 20.2 Å². The number of likely N-dealkylation sites (tertiary alicyclic amines) is 1. The van der Waals surface area contributed by atoms with Gasteiger partial charge in [-0.1, -0.05) is 30.3 Å². The van der Waals surface area contributed by atoms with Crippen LogP contribution in [0.2, 0.25) is 0 Å². The molecule has 2 aromatic carbocycles. The number of amides is 2. The number of carbonyl (C=O) groups is 2. The quantitative estimate of drug-likeness (QED) is 0.557. The van der Waals surface area contributed by atoms with Gasteiger partial charge in [0.2, 0.25) is 11.8 Å². The Morgan fingerprint density at radius 1 is 1.10 bits per heavy atom. The van der Waals surface area contributed by atoms with E-state index in [2.05, 4.69) is 5.32 Å². The zero-order valence-corrected chi connectivity index (χ0v) is 16.9. The van der Waals surface area contributed by atoms with Crippen LogP contribution in [0.15, 0.2) is 48.5 Å². The molecule has 158 valence electrons. The Morgan fingerprint density at radius 2 is 1.77 bits per heavy atom. The van der Waals surface area contributed by atoms with Crippen LogP contribution in [0.5, 0.6) is 5.75 Å². The molecule has 1 heterocycles. The van der Waals surface area contributed by atoms with Gasteiger partial charge >= 0.3 is 0 Å². The first-order valence-electron chi connectivity index (χ1n) is 9.88. The molecule has 8 nitrogen and oxygen atoms in total. The topological polar surface area (TPSA) is 102 Å². The number of ether oxygens (including phenoxy) is 1. The zero-order valence-electron chi connectivity index (χ0n) is 16.9. The highest BCUT2D eigenvalue weighted by atomic mass is 16.6. The second-order valence-corrected chi connectivity index (χ2v) is 7.31. The molecular formula is C22H25N3O5. The molecule has 0 aliphatic carbocycles. The lowest BCUT2D eigenvalue weighted by Crippen LogP contribution is -2.47. The van der Waals surface area contributed by atoms with E-state index in [0.29, 0.717) is 38.1 Å². The second-order valence-electron chi connectivity index (χ2n) is 7.31. The van der Waals surface area contributed by atoms with Gasteiger partial charge in [0.15, 0.2) is 0 Å². The van der Waals surface area contributed by atoms with E-state index in [9.17, 15) is 19.7 Å². The summed E-state index contributed by atoms with van der Waals surface area (Å²) in [7, 11) is 1.59. The molecule has 0 bridgehead atoms. The number of carbonyl (C=O) groups excluding carboxylic acids is 2. The average molecular weight is 411 g/mol. The predicted molar refractivity (Wildman–Crippen MR) is 111 cm³/mol. The molecule has 1 aliphatic heterocycles. The van der Waals surface area contributed by atoms with Crippen LogP contribution in [-0.2, 0) is 22.4 Å². The Kier molecular flexibility index (Phi) is 7.00. The van der Waals surface area contributed by atoms with Gasteiger partial charge in [-0.2, -0.15) is 0 Å². The summed E-state index contributed by atoms with van der Waals surface area (Å²) in [5.74, 6) is 0.636. The van der Waals surface area contributed by atoms with Crippen molar-refractivity contribution >= 4 is 17.5 Å². The van der Waals surface area contributed by atoms with Crippen molar-refractivity contribution in [3.8, 4) is 5.75 Å². The van der Waals surface area contributed by atoms with Crippen molar-refractivity contribution < 1.29 is 19.2 Å². The molecule has 1 fully saturated rings. The summed E-state index contributed by atoms with van der Waals surface area (Å²) in [6.07, 6.45) is 1.86. The van der Waals surface area contributed by atoms with Crippen LogP contribution in [0, 0.1) is 10.1 Å². The first-order valence-corrected chi connectivity index (χ1v) is 9.88. The minimum absolute atomic E-state index is 0.00400. The van der Waals surface area contributed by atoms with E-state index in [4.69, 9.17) is 4.74 Å². The maximum Gasteiger partial charge on any atom is 0.269 e. The summed E-state index contributed by atoms with van der Waals surface area (Å²) >= 11 is 0. The lowest BCUT2D eigenvalue weighted by Gasteiger charge is -2.32. The first kappa shape index (κ1) is 21.3. The highest BCUT2D eigenvalue weighted by Crippen LogP contribution is 2.20. The molecular weight excluding hydrogens is 386 g/mol. The van der Waals surface area contributed by atoms with Gasteiger partial charge < -0.3 is 15.0 Å². The standard InChI is InChI=1S/C22H25N3O5/c1-30-20-5-3-2-4-17(20)15-22(27)24-12-10-18(11-13-24)23-21(26)14-16-6-8-19(9-7-16)25(28)29/h2-9,18H,10-15H2,1H3,(H,23,26). The molecule has 0 atom stereocenters. The predicted octanol–water partition coefficient (Wildman–Crippen LogP) is 2.50. The first-order chi connectivity index (χ1) is 14.5. The summed E-state index contributed by atoms with van der Waals surface area (Å²) in [6.45, 7) is 1.19. The number of benzene rings is 2. The fourth-order valence-corrected chi connectivity index (χ4v) is 3.60. The van der Waals surface area contributed by atoms with Crippen molar-refractivity contribution in [3.63, 3.8) is 0 Å². The molecule has 0 aromatic heterocycles. The SMILES string of the molecule is COc1ccccc1CC(=O)N1CCC(NC(=O)Cc2ccc([N+](=O)[O-])cc2)CC1. The molecule has 1 N–H and O–H groups in total. The van der Waals surface area contributed by atoms with Gasteiger partial charge in [0.05, 0.1) is 24.9 Å². The van der Waals surface area contributed by atoms with E-state index < -0.39 is 4.92 Å². The highest BCUT2D eigenvalue weighted by molar-refractivity contribution is 5.80. The molecule has 3 rings (SSSR count). The van der Waals surface area contributed by atoms with Gasteiger partial charge in [0.1, 0.15) is 5.75 Å². The summed E-state index contributed by atoms with van der Waals surface area (Å²) in [5, 5.41) is 13.7. The van der Waals surface area contributed by atoms with Crippen molar-refractivity contribution in [2.24, 2.45) is 0 Å². The van der Waals surface area contributed by atoms with E-state index in [0.717, 1.165) is 11.1 Å². The van der Waals surface area contributed by atoms with Crippen LogP contribution >= 0.6 is 0 Å². The zero-order chi connectivity index (χ0) is 21.5. The molecule has 0 saturated carbocycles. The molecule has 1 aliphatic rings. The number of nitro benzene ring substituents is 1. The van der Waals surface area contributed by atoms with E-state index in [-0.39, 0.29) is 30.0 Å². The van der Waals surface area contributed by atoms with Crippen LogP contribution < -0.4 is 10.1 Å². The van der Waals surface area contributed by atoms with E-state index >= 15 is 0 Å². The third-order valence-electron chi connectivity index (χ3n) is 5.26. The number of rotatable bonds is 7. The van der Waals surface area contributed by atoms with Crippen LogP contribution in [0.25, 0.3) is 0 Å². The molecule has 2 amide bonds. The van der Waals surface area contributed by atoms with Crippen molar-refractivity contribution in [1.29, 1.82) is 0 Å². The van der Waals surface area contributed by atoms with E-state index in [1.165, 1.54) is 12.1 Å². The Balaban J connectivity index is 1.45. The third kappa shape index (κ3) is 5.56. The Morgan fingerprint density at radius 3 is 2.40 bits per heavy atom. The fourth-order valence-electron chi connectivity index (χ4n) is 3.60. The molecule has 0 spiro atoms. The molecule has 1 saturated heterocycles. The van der Waals surface area contributed by atoms with Gasteiger partial charge in [-0.25, -0.2) is 0 Å². The monoisotopic (exact) mass is 411 g/mol. The third-order valence-corrected chi connectivity index (χ3v) is 5.26. The number of hydrogen-bond acceptors (Lipinski definition) is 5. The lowest BCUT2D eigenvalue weighted by atomic mass is 10.0. The second kappa shape index (κ2) is 9.87. The van der Waals surface area contributed by atoms with Crippen molar-refractivity contribution in [1.82, 2.24) is 10.2 Å². The number of methoxy groups -OCH3 is 1. The highest BCUT2D eigenvalue weighted by Gasteiger charge is 2.24. The minimum atomic E-state index is -0.465. The number of nitrogens with zero attached hydrogens (tertiary/aromatic N) is 2. The molecule has 0 unspecified atom stereocenters. The molecule has 0 radical (unpaired) electrons. The van der Waals surface area contributed by atoms with Crippen molar-refractivity contribution in [2.45, 2.75) is 31.7 Å². The maximum absolute atomic E-state index is 12.6. The summed E-state index contributed by atoms with van der Waals surface area (Å²) in [5.41, 5.74) is 1.59. The number of nitrogens with one attached hydrogen (secondary N) is 1. The van der Waals surface area contributed by atoms with Gasteiger partial charge in [0.25, 0.3) is 5.69 Å². The Labute approximate surface area is 175 Å². The van der Waals surface area contributed by atoms with Crippen molar-refractivity contribution in [3.05, 3.63) is 69.8 Å². The Bertz CT molecular complexity index is 905. The van der Waals surface area contributed by atoms with Gasteiger partial charge in [-0.05, 0) is 24.5 Å². The molecule has 8 heteroatoms. The largest absolute Gasteiger partial charge is 0.496 e. The van der Waals surface area contributed by atoms with E-state index in [1.54, 1.807) is 19.2 Å². The van der Waals surface area contributed by atoms with Crippen LogP contribution in [0.1, 0.15) is 24.0 Å². The molecule has 30 heavy (non-hydrogen) atoms. The van der Waals surface area contributed by atoms with Crippen LogP contribution in [0.3, 0.4) is 0 Å². The number of hydrogen-bond donors (Lipinski definition) is 1. The lowest BCUT2D eigenvalue weighted by molar-refractivity contribution is -0.384. The summed E-state index contributed by atoms with van der Waals surface area (Å²) in [4.78, 5) is 37.0. The van der Waals surface area contributed by atoms with Crippen LogP contribution in [-0.4, -0.2) is 47.9 Å². The van der Waals surface area contributed by atoms with Crippen LogP contribution in [0.4, 0.5) is 5.69 Å². The number of nitro groups is 1. The number of para-hydroxylation sites is 1.